The van der Waals surface area contributed by atoms with Gasteiger partial charge in [0.05, 0.1) is 3.79 Å². The molecule has 0 aliphatic rings. The maximum absolute atomic E-state index is 5.94. The Morgan fingerprint density at radius 1 is 1.15 bits per heavy atom. The molecule has 3 nitrogen and oxygen atoms in total. The van der Waals surface area contributed by atoms with E-state index in [1.54, 1.807) is 29.5 Å². The van der Waals surface area contributed by atoms with E-state index < -0.39 is 0 Å². The molecule has 0 saturated heterocycles. The van der Waals surface area contributed by atoms with Crippen LogP contribution in [0.5, 0.6) is 0 Å². The Morgan fingerprint density at radius 3 is 2.80 bits per heavy atom. The van der Waals surface area contributed by atoms with Crippen LogP contribution in [0.2, 0.25) is 5.02 Å². The quantitative estimate of drug-likeness (QED) is 0.623. The Bertz CT molecular complexity index is 766. The lowest BCUT2D eigenvalue weighted by atomic mass is 10.2. The van der Waals surface area contributed by atoms with Crippen molar-refractivity contribution in [1.29, 1.82) is 0 Å². The van der Waals surface area contributed by atoms with Crippen LogP contribution in [0.25, 0.3) is 23.6 Å². The lowest BCUT2D eigenvalue weighted by Gasteiger charge is -1.94. The average Bonchev–Trinajstić information content (AvgIpc) is 3.05. The molecule has 0 spiro atoms. The Kier molecular flexibility index (Phi) is 4.00. The van der Waals surface area contributed by atoms with Gasteiger partial charge >= 0.3 is 0 Å². The number of benzene rings is 1. The molecule has 0 bridgehead atoms. The van der Waals surface area contributed by atoms with Gasteiger partial charge < -0.3 is 4.42 Å². The van der Waals surface area contributed by atoms with Crippen LogP contribution in [-0.4, -0.2) is 10.2 Å². The summed E-state index contributed by atoms with van der Waals surface area (Å²) in [5, 5.41) is 8.64. The third-order valence-electron chi connectivity index (χ3n) is 2.50. The van der Waals surface area contributed by atoms with Crippen LogP contribution < -0.4 is 0 Å². The molecule has 0 fully saturated rings. The number of rotatable bonds is 3. The van der Waals surface area contributed by atoms with E-state index >= 15 is 0 Å². The number of aromatic nitrogens is 2. The van der Waals surface area contributed by atoms with E-state index in [4.69, 9.17) is 16.0 Å². The molecule has 0 radical (unpaired) electrons. The molecule has 20 heavy (non-hydrogen) atoms. The predicted molar refractivity (Wildman–Crippen MR) is 85.7 cm³/mol. The fraction of sp³-hybridized carbons (Fsp3) is 0. The van der Waals surface area contributed by atoms with Crippen molar-refractivity contribution in [3.05, 3.63) is 56.0 Å². The first-order chi connectivity index (χ1) is 9.70. The molecular weight excluding hydrogens is 360 g/mol. The van der Waals surface area contributed by atoms with Gasteiger partial charge in [0.15, 0.2) is 0 Å². The molecule has 0 atom stereocenters. The standard InChI is InChI=1S/C14H8BrClN2OS/c15-12-6-4-11(20-12)5-7-13-17-18-14(19-13)9-2-1-3-10(16)8-9/h1-8H/b7-5+. The molecule has 100 valence electrons. The third-order valence-corrected chi connectivity index (χ3v) is 4.32. The van der Waals surface area contributed by atoms with Gasteiger partial charge in [-0.1, -0.05) is 17.7 Å². The number of nitrogens with zero attached hydrogens (tertiary/aromatic N) is 2. The van der Waals surface area contributed by atoms with Crippen molar-refractivity contribution in [2.75, 3.05) is 0 Å². The minimum Gasteiger partial charge on any atom is -0.417 e. The largest absolute Gasteiger partial charge is 0.417 e. The summed E-state index contributed by atoms with van der Waals surface area (Å²) >= 11 is 11.0. The molecule has 0 amide bonds. The highest BCUT2D eigenvalue weighted by atomic mass is 79.9. The van der Waals surface area contributed by atoms with Crippen molar-refractivity contribution < 1.29 is 4.42 Å². The second-order valence-electron chi connectivity index (χ2n) is 3.93. The maximum Gasteiger partial charge on any atom is 0.248 e. The zero-order chi connectivity index (χ0) is 13.9. The second kappa shape index (κ2) is 5.91. The number of hydrogen-bond acceptors (Lipinski definition) is 4. The van der Waals surface area contributed by atoms with Gasteiger partial charge in [-0.15, -0.1) is 21.5 Å². The summed E-state index contributed by atoms with van der Waals surface area (Å²) in [7, 11) is 0. The summed E-state index contributed by atoms with van der Waals surface area (Å²) in [5.41, 5.74) is 0.809. The number of hydrogen-bond donors (Lipinski definition) is 0. The highest BCUT2D eigenvalue weighted by molar-refractivity contribution is 9.11. The van der Waals surface area contributed by atoms with Crippen LogP contribution in [0.4, 0.5) is 0 Å². The summed E-state index contributed by atoms with van der Waals surface area (Å²) < 4.78 is 6.66. The Hall–Kier alpha value is -1.43. The molecule has 1 aromatic carbocycles. The summed E-state index contributed by atoms with van der Waals surface area (Å²) in [6.45, 7) is 0. The van der Waals surface area contributed by atoms with E-state index in [1.165, 1.54) is 0 Å². The highest BCUT2D eigenvalue weighted by Crippen LogP contribution is 2.25. The number of thiophene rings is 1. The van der Waals surface area contributed by atoms with Gasteiger partial charge in [-0.05, 0) is 52.3 Å². The molecule has 0 N–H and O–H groups in total. The first kappa shape index (κ1) is 13.5. The molecule has 2 aromatic heterocycles. The molecule has 6 heteroatoms. The average molecular weight is 368 g/mol. The lowest BCUT2D eigenvalue weighted by molar-refractivity contribution is 0.558. The van der Waals surface area contributed by atoms with Gasteiger partial charge in [-0.25, -0.2) is 0 Å². The highest BCUT2D eigenvalue weighted by Gasteiger charge is 2.06. The van der Waals surface area contributed by atoms with Crippen LogP contribution in [0, 0.1) is 0 Å². The summed E-state index contributed by atoms with van der Waals surface area (Å²) in [5.74, 6) is 0.920. The Morgan fingerprint density at radius 2 is 2.05 bits per heavy atom. The topological polar surface area (TPSA) is 38.9 Å². The van der Waals surface area contributed by atoms with Crippen molar-refractivity contribution >= 4 is 51.0 Å². The van der Waals surface area contributed by atoms with Crippen molar-refractivity contribution in [1.82, 2.24) is 10.2 Å². The zero-order valence-corrected chi connectivity index (χ0v) is 13.2. The molecule has 0 unspecified atom stereocenters. The molecule has 3 rings (SSSR count). The molecule has 0 aliphatic carbocycles. The summed E-state index contributed by atoms with van der Waals surface area (Å²) in [4.78, 5) is 1.11. The third kappa shape index (κ3) is 3.17. The van der Waals surface area contributed by atoms with Crippen molar-refractivity contribution in [2.24, 2.45) is 0 Å². The fourth-order valence-corrected chi connectivity index (χ4v) is 3.13. The Balaban J connectivity index is 1.82. The van der Waals surface area contributed by atoms with Gasteiger partial charge in [-0.3, -0.25) is 0 Å². The van der Waals surface area contributed by atoms with Gasteiger partial charge in [0, 0.05) is 21.5 Å². The van der Waals surface area contributed by atoms with Crippen molar-refractivity contribution in [3.8, 4) is 11.5 Å². The van der Waals surface area contributed by atoms with E-state index in [-0.39, 0.29) is 0 Å². The van der Waals surface area contributed by atoms with E-state index in [1.807, 2.05) is 30.3 Å². The van der Waals surface area contributed by atoms with E-state index in [0.29, 0.717) is 16.8 Å². The monoisotopic (exact) mass is 366 g/mol. The summed E-state index contributed by atoms with van der Waals surface area (Å²) in [6.07, 6.45) is 3.73. The second-order valence-corrected chi connectivity index (χ2v) is 6.86. The molecule has 2 heterocycles. The first-order valence-corrected chi connectivity index (χ1v) is 7.72. The fourth-order valence-electron chi connectivity index (χ4n) is 1.61. The molecular formula is C14H8BrClN2OS. The first-order valence-electron chi connectivity index (χ1n) is 5.73. The van der Waals surface area contributed by atoms with Crippen LogP contribution >= 0.6 is 38.9 Å². The van der Waals surface area contributed by atoms with Crippen LogP contribution in [0.1, 0.15) is 10.8 Å². The van der Waals surface area contributed by atoms with E-state index in [2.05, 4.69) is 26.1 Å². The lowest BCUT2D eigenvalue weighted by Crippen LogP contribution is -1.76. The summed E-state index contributed by atoms with van der Waals surface area (Å²) in [6, 6.07) is 11.3. The van der Waals surface area contributed by atoms with Gasteiger partial charge in [-0.2, -0.15) is 0 Å². The van der Waals surface area contributed by atoms with Gasteiger partial charge in [0.1, 0.15) is 0 Å². The SMILES string of the molecule is Clc1cccc(-c2nnc(/C=C/c3ccc(Br)s3)o2)c1. The van der Waals surface area contributed by atoms with Crippen LogP contribution in [0.3, 0.4) is 0 Å². The molecule has 0 aliphatic heterocycles. The minimum atomic E-state index is 0.458. The minimum absolute atomic E-state index is 0.458. The Labute approximate surface area is 133 Å². The van der Waals surface area contributed by atoms with Gasteiger partial charge in [0.25, 0.3) is 0 Å². The predicted octanol–water partition coefficient (Wildman–Crippen LogP) is 5.38. The smallest absolute Gasteiger partial charge is 0.248 e. The normalized spacial score (nSPS) is 11.3. The van der Waals surface area contributed by atoms with Crippen molar-refractivity contribution in [3.63, 3.8) is 0 Å². The van der Waals surface area contributed by atoms with Crippen molar-refractivity contribution in [2.45, 2.75) is 0 Å². The zero-order valence-electron chi connectivity index (χ0n) is 10.1. The molecule has 0 saturated carbocycles. The van der Waals surface area contributed by atoms with E-state index in [9.17, 15) is 0 Å². The van der Waals surface area contributed by atoms with E-state index in [0.717, 1.165) is 14.2 Å². The molecule has 3 aromatic rings. The van der Waals surface area contributed by atoms with Crippen LogP contribution in [0.15, 0.2) is 44.6 Å². The van der Waals surface area contributed by atoms with Crippen LogP contribution in [-0.2, 0) is 0 Å². The van der Waals surface area contributed by atoms with Gasteiger partial charge in [0.2, 0.25) is 11.8 Å². The maximum atomic E-state index is 5.94. The number of halogens is 2.